The van der Waals surface area contributed by atoms with Crippen LogP contribution in [0.4, 0.5) is 0 Å². The van der Waals surface area contributed by atoms with Crippen molar-refractivity contribution < 1.29 is 23.7 Å². The minimum Gasteiger partial charge on any atom is -0.490 e. The van der Waals surface area contributed by atoms with E-state index in [2.05, 4.69) is 15.9 Å². The molecular weight excluding hydrogens is 472 g/mol. The van der Waals surface area contributed by atoms with Gasteiger partial charge in [0, 0.05) is 12.1 Å². The van der Waals surface area contributed by atoms with Crippen LogP contribution in [0, 0.1) is 6.92 Å². The summed E-state index contributed by atoms with van der Waals surface area (Å²) in [5.41, 5.74) is 1.12. The maximum Gasteiger partial charge on any atom is 0.338 e. The summed E-state index contributed by atoms with van der Waals surface area (Å²) in [6, 6.07) is 6.80. The molecule has 0 amide bonds. The van der Waals surface area contributed by atoms with E-state index in [-0.39, 0.29) is 18.3 Å². The number of carbonyl (C=O) groups excluding carboxylic acids is 1. The molecular formula is C23H28BrClO5. The SMILES string of the molecule is Cc1cc(C(=O)OC(C)C)cc(OC(C)C)c1Oc1cc(Br)c(OC(C)C)cc1Cl. The predicted molar refractivity (Wildman–Crippen MR) is 122 cm³/mol. The molecule has 0 radical (unpaired) electrons. The first kappa shape index (κ1) is 24.4. The van der Waals surface area contributed by atoms with E-state index >= 15 is 0 Å². The van der Waals surface area contributed by atoms with E-state index in [0.29, 0.717) is 33.6 Å². The second kappa shape index (κ2) is 10.4. The molecule has 0 saturated carbocycles. The summed E-state index contributed by atoms with van der Waals surface area (Å²) >= 11 is 9.94. The number of rotatable bonds is 8. The van der Waals surface area contributed by atoms with Crippen LogP contribution in [0.1, 0.15) is 57.5 Å². The van der Waals surface area contributed by atoms with Crippen molar-refractivity contribution in [3.63, 3.8) is 0 Å². The van der Waals surface area contributed by atoms with Crippen LogP contribution < -0.4 is 14.2 Å². The smallest absolute Gasteiger partial charge is 0.338 e. The summed E-state index contributed by atoms with van der Waals surface area (Å²) in [7, 11) is 0. The number of hydrogen-bond acceptors (Lipinski definition) is 5. The van der Waals surface area contributed by atoms with Crippen molar-refractivity contribution in [2.24, 2.45) is 0 Å². The highest BCUT2D eigenvalue weighted by molar-refractivity contribution is 9.10. The van der Waals surface area contributed by atoms with E-state index in [1.54, 1.807) is 38.1 Å². The zero-order valence-corrected chi connectivity index (χ0v) is 20.7. The zero-order chi connectivity index (χ0) is 22.6. The first-order chi connectivity index (χ1) is 14.0. The van der Waals surface area contributed by atoms with Gasteiger partial charge in [0.25, 0.3) is 0 Å². The number of ether oxygens (including phenoxy) is 4. The first-order valence-corrected chi connectivity index (χ1v) is 11.0. The number of benzene rings is 2. The first-order valence-electron chi connectivity index (χ1n) is 9.83. The molecule has 5 nitrogen and oxygen atoms in total. The molecule has 0 aromatic heterocycles. The van der Waals surface area contributed by atoms with Gasteiger partial charge in [0.1, 0.15) is 11.5 Å². The average molecular weight is 500 g/mol. The third-order valence-corrected chi connectivity index (χ3v) is 4.66. The van der Waals surface area contributed by atoms with Crippen LogP contribution in [0.5, 0.6) is 23.0 Å². The van der Waals surface area contributed by atoms with Gasteiger partial charge in [-0.2, -0.15) is 0 Å². The van der Waals surface area contributed by atoms with Gasteiger partial charge >= 0.3 is 5.97 Å². The Kier molecular flexibility index (Phi) is 8.44. The summed E-state index contributed by atoms with van der Waals surface area (Å²) in [6.45, 7) is 13.1. The van der Waals surface area contributed by atoms with Gasteiger partial charge in [-0.15, -0.1) is 0 Å². The predicted octanol–water partition coefficient (Wildman–Crippen LogP) is 7.34. The topological polar surface area (TPSA) is 54.0 Å². The molecule has 0 aliphatic heterocycles. The van der Waals surface area contributed by atoms with E-state index in [1.165, 1.54) is 0 Å². The molecule has 0 aliphatic carbocycles. The fourth-order valence-corrected chi connectivity index (χ4v) is 3.26. The van der Waals surface area contributed by atoms with Crippen molar-refractivity contribution in [1.29, 1.82) is 0 Å². The number of halogens is 2. The number of esters is 1. The quantitative estimate of drug-likeness (QED) is 0.356. The molecule has 0 fully saturated rings. The zero-order valence-electron chi connectivity index (χ0n) is 18.3. The van der Waals surface area contributed by atoms with Crippen LogP contribution in [0.2, 0.25) is 5.02 Å². The van der Waals surface area contributed by atoms with E-state index in [9.17, 15) is 4.79 Å². The minimum absolute atomic E-state index is 0.00978. The number of aryl methyl sites for hydroxylation is 1. The normalized spacial score (nSPS) is 11.2. The minimum atomic E-state index is -0.413. The molecule has 0 atom stereocenters. The van der Waals surface area contributed by atoms with Crippen LogP contribution in [-0.4, -0.2) is 24.3 Å². The lowest BCUT2D eigenvalue weighted by molar-refractivity contribution is 0.0377. The summed E-state index contributed by atoms with van der Waals surface area (Å²) in [4.78, 5) is 12.4. The number of hydrogen-bond donors (Lipinski definition) is 0. The lowest BCUT2D eigenvalue weighted by atomic mass is 10.1. The van der Waals surface area contributed by atoms with Gasteiger partial charge in [-0.1, -0.05) is 11.6 Å². The Labute approximate surface area is 191 Å². The highest BCUT2D eigenvalue weighted by atomic mass is 79.9. The van der Waals surface area contributed by atoms with Gasteiger partial charge < -0.3 is 18.9 Å². The third kappa shape index (κ3) is 6.54. The lowest BCUT2D eigenvalue weighted by Crippen LogP contribution is -2.13. The van der Waals surface area contributed by atoms with Gasteiger partial charge in [0.05, 0.1) is 33.4 Å². The highest BCUT2D eigenvalue weighted by Gasteiger charge is 2.20. The fourth-order valence-electron chi connectivity index (χ4n) is 2.66. The summed E-state index contributed by atoms with van der Waals surface area (Å²) in [5.74, 6) is 1.58. The molecule has 7 heteroatoms. The lowest BCUT2D eigenvalue weighted by Gasteiger charge is -2.20. The Morgan fingerprint density at radius 2 is 1.47 bits per heavy atom. The van der Waals surface area contributed by atoms with E-state index in [4.69, 9.17) is 30.5 Å². The summed E-state index contributed by atoms with van der Waals surface area (Å²) in [5, 5.41) is 0.395. The molecule has 2 aromatic rings. The van der Waals surface area contributed by atoms with E-state index < -0.39 is 5.97 Å². The largest absolute Gasteiger partial charge is 0.490 e. The van der Waals surface area contributed by atoms with Gasteiger partial charge in [-0.05, 0) is 82.1 Å². The van der Waals surface area contributed by atoms with Gasteiger partial charge in [0.2, 0.25) is 0 Å². The molecule has 2 aromatic carbocycles. The Bertz CT molecular complexity index is 909. The summed E-state index contributed by atoms with van der Waals surface area (Å²) < 4.78 is 23.8. The second-order valence-corrected chi connectivity index (χ2v) is 8.98. The van der Waals surface area contributed by atoms with E-state index in [1.807, 2.05) is 34.6 Å². The molecule has 0 saturated heterocycles. The highest BCUT2D eigenvalue weighted by Crippen LogP contribution is 2.42. The number of carbonyl (C=O) groups is 1. The van der Waals surface area contributed by atoms with Crippen molar-refractivity contribution in [2.75, 3.05) is 0 Å². The third-order valence-electron chi connectivity index (χ3n) is 3.74. The average Bonchev–Trinajstić information content (AvgIpc) is 2.60. The Hall–Kier alpha value is -1.92. The molecule has 30 heavy (non-hydrogen) atoms. The van der Waals surface area contributed by atoms with Gasteiger partial charge in [-0.3, -0.25) is 0 Å². The van der Waals surface area contributed by atoms with Crippen molar-refractivity contribution in [3.05, 3.63) is 44.9 Å². The molecule has 0 heterocycles. The van der Waals surface area contributed by atoms with Crippen molar-refractivity contribution in [1.82, 2.24) is 0 Å². The molecule has 0 unspecified atom stereocenters. The van der Waals surface area contributed by atoms with Crippen molar-refractivity contribution in [2.45, 2.75) is 66.8 Å². The van der Waals surface area contributed by atoms with E-state index in [0.717, 1.165) is 10.0 Å². The standard InChI is InChI=1S/C23H28BrClO5/c1-12(2)27-19-11-18(25)20(10-17(19)24)30-22-15(7)8-16(23(26)29-14(5)6)9-21(22)28-13(3)4/h8-14H,1-7H3. The van der Waals surface area contributed by atoms with Gasteiger partial charge in [0.15, 0.2) is 11.5 Å². The second-order valence-electron chi connectivity index (χ2n) is 7.72. The molecule has 164 valence electrons. The maximum atomic E-state index is 12.4. The van der Waals surface area contributed by atoms with Crippen molar-refractivity contribution >= 4 is 33.5 Å². The Balaban J connectivity index is 2.45. The van der Waals surface area contributed by atoms with Crippen LogP contribution in [-0.2, 0) is 4.74 Å². The Morgan fingerprint density at radius 3 is 2.03 bits per heavy atom. The monoisotopic (exact) mass is 498 g/mol. The molecule has 2 rings (SSSR count). The van der Waals surface area contributed by atoms with Crippen LogP contribution in [0.3, 0.4) is 0 Å². The summed E-state index contributed by atoms with van der Waals surface area (Å²) in [6.07, 6.45) is -0.325. The van der Waals surface area contributed by atoms with Crippen molar-refractivity contribution in [3.8, 4) is 23.0 Å². The van der Waals surface area contributed by atoms with Crippen LogP contribution in [0.15, 0.2) is 28.7 Å². The fraction of sp³-hybridized carbons (Fsp3) is 0.435. The molecule has 0 N–H and O–H groups in total. The molecule has 0 aliphatic rings. The Morgan fingerprint density at radius 1 is 0.867 bits per heavy atom. The molecule has 0 spiro atoms. The molecule has 0 bridgehead atoms. The van der Waals surface area contributed by atoms with Gasteiger partial charge in [-0.25, -0.2) is 4.79 Å². The van der Waals surface area contributed by atoms with Crippen LogP contribution in [0.25, 0.3) is 0 Å². The maximum absolute atomic E-state index is 12.4. The van der Waals surface area contributed by atoms with Crippen LogP contribution >= 0.6 is 27.5 Å².